The highest BCUT2D eigenvalue weighted by atomic mass is 32.2. The van der Waals surface area contributed by atoms with Crippen molar-refractivity contribution in [2.45, 2.75) is 13.5 Å². The molecule has 0 aliphatic heterocycles. The Bertz CT molecular complexity index is 430. The van der Waals surface area contributed by atoms with Crippen LogP contribution in [0.3, 0.4) is 0 Å². The SMILES string of the molecule is Cc1cc(F)ccc1COS(N)(=O)=O. The van der Waals surface area contributed by atoms with Crippen molar-refractivity contribution >= 4 is 10.3 Å². The van der Waals surface area contributed by atoms with Crippen LogP contribution >= 0.6 is 0 Å². The molecule has 0 spiro atoms. The molecule has 4 nitrogen and oxygen atoms in total. The fourth-order valence-corrected chi connectivity index (χ4v) is 1.26. The molecule has 14 heavy (non-hydrogen) atoms. The topological polar surface area (TPSA) is 69.4 Å². The molecule has 0 amide bonds. The molecule has 1 aromatic rings. The predicted molar refractivity (Wildman–Crippen MR) is 49.0 cm³/mol. The van der Waals surface area contributed by atoms with Crippen molar-refractivity contribution in [3.63, 3.8) is 0 Å². The Morgan fingerprint density at radius 3 is 2.64 bits per heavy atom. The summed E-state index contributed by atoms with van der Waals surface area (Å²) in [6.07, 6.45) is 0. The zero-order valence-electron chi connectivity index (χ0n) is 7.53. The molecule has 0 radical (unpaired) electrons. The highest BCUT2D eigenvalue weighted by molar-refractivity contribution is 7.84. The van der Waals surface area contributed by atoms with Gasteiger partial charge in [-0.1, -0.05) is 6.07 Å². The maximum atomic E-state index is 12.6. The lowest BCUT2D eigenvalue weighted by Crippen LogP contribution is -2.15. The first-order valence-electron chi connectivity index (χ1n) is 3.80. The third-order valence-electron chi connectivity index (χ3n) is 1.68. The molecule has 0 bridgehead atoms. The summed E-state index contributed by atoms with van der Waals surface area (Å²) in [5.74, 6) is -0.373. The maximum absolute atomic E-state index is 12.6. The van der Waals surface area contributed by atoms with E-state index in [2.05, 4.69) is 9.32 Å². The van der Waals surface area contributed by atoms with E-state index in [-0.39, 0.29) is 12.4 Å². The molecule has 0 aromatic heterocycles. The van der Waals surface area contributed by atoms with Crippen LogP contribution in [0.25, 0.3) is 0 Å². The number of halogens is 1. The van der Waals surface area contributed by atoms with Crippen LogP contribution in [0.5, 0.6) is 0 Å². The van der Waals surface area contributed by atoms with Gasteiger partial charge in [-0.15, -0.1) is 0 Å². The Kier molecular flexibility index (Phi) is 3.20. The molecule has 0 saturated heterocycles. The van der Waals surface area contributed by atoms with Gasteiger partial charge in [-0.05, 0) is 30.2 Å². The summed E-state index contributed by atoms with van der Waals surface area (Å²) >= 11 is 0. The standard InChI is InChI=1S/C8H10FNO3S/c1-6-4-8(9)3-2-7(6)5-13-14(10,11)12/h2-4H,5H2,1H3,(H2,10,11,12). The van der Waals surface area contributed by atoms with Gasteiger partial charge in [-0.3, -0.25) is 4.18 Å². The van der Waals surface area contributed by atoms with E-state index in [1.54, 1.807) is 6.92 Å². The third-order valence-corrected chi connectivity index (χ3v) is 2.13. The highest BCUT2D eigenvalue weighted by Gasteiger charge is 2.05. The van der Waals surface area contributed by atoms with Gasteiger partial charge in [-0.25, -0.2) is 9.53 Å². The summed E-state index contributed by atoms with van der Waals surface area (Å²) in [5, 5.41) is 4.64. The van der Waals surface area contributed by atoms with Crippen molar-refractivity contribution in [1.29, 1.82) is 0 Å². The first-order chi connectivity index (χ1) is 6.38. The second-order valence-electron chi connectivity index (χ2n) is 2.83. The largest absolute Gasteiger partial charge is 0.333 e. The summed E-state index contributed by atoms with van der Waals surface area (Å²) in [5.41, 5.74) is 1.20. The number of hydrogen-bond acceptors (Lipinski definition) is 3. The van der Waals surface area contributed by atoms with Crippen LogP contribution < -0.4 is 5.14 Å². The van der Waals surface area contributed by atoms with Crippen molar-refractivity contribution in [3.8, 4) is 0 Å². The van der Waals surface area contributed by atoms with Gasteiger partial charge in [0, 0.05) is 0 Å². The summed E-state index contributed by atoms with van der Waals surface area (Å²) in [6.45, 7) is 1.48. The van der Waals surface area contributed by atoms with Crippen LogP contribution in [-0.2, 0) is 21.1 Å². The van der Waals surface area contributed by atoms with Gasteiger partial charge in [0.15, 0.2) is 0 Å². The summed E-state index contributed by atoms with van der Waals surface area (Å²) in [4.78, 5) is 0. The summed E-state index contributed by atoms with van der Waals surface area (Å²) in [7, 11) is -3.94. The van der Waals surface area contributed by atoms with Crippen molar-refractivity contribution in [1.82, 2.24) is 0 Å². The Labute approximate surface area is 81.8 Å². The van der Waals surface area contributed by atoms with Gasteiger partial charge in [0.05, 0.1) is 6.61 Å². The molecule has 0 saturated carbocycles. The van der Waals surface area contributed by atoms with E-state index in [0.29, 0.717) is 11.1 Å². The van der Waals surface area contributed by atoms with Crippen LogP contribution in [0.2, 0.25) is 0 Å². The monoisotopic (exact) mass is 219 g/mol. The number of aryl methyl sites for hydroxylation is 1. The third kappa shape index (κ3) is 3.41. The molecule has 0 atom stereocenters. The van der Waals surface area contributed by atoms with Crippen molar-refractivity contribution in [2.24, 2.45) is 5.14 Å². The first kappa shape index (κ1) is 11.1. The molecule has 6 heteroatoms. The molecule has 0 aliphatic rings. The second-order valence-corrected chi connectivity index (χ2v) is 4.05. The number of benzene rings is 1. The van der Waals surface area contributed by atoms with Gasteiger partial charge in [-0.2, -0.15) is 8.42 Å². The van der Waals surface area contributed by atoms with E-state index >= 15 is 0 Å². The quantitative estimate of drug-likeness (QED) is 0.819. The fraction of sp³-hybridized carbons (Fsp3) is 0.250. The Hall–Kier alpha value is -0.980. The van der Waals surface area contributed by atoms with E-state index in [4.69, 9.17) is 0 Å². The average Bonchev–Trinajstić information content (AvgIpc) is 2.00. The number of nitrogens with two attached hydrogens (primary N) is 1. The maximum Gasteiger partial charge on any atom is 0.333 e. The van der Waals surface area contributed by atoms with Gasteiger partial charge >= 0.3 is 10.3 Å². The molecule has 2 N–H and O–H groups in total. The minimum atomic E-state index is -3.94. The predicted octanol–water partition coefficient (Wildman–Crippen LogP) is 0.854. The zero-order chi connectivity index (χ0) is 10.8. The molecule has 1 aromatic carbocycles. The Morgan fingerprint density at radius 1 is 1.50 bits per heavy atom. The highest BCUT2D eigenvalue weighted by Crippen LogP contribution is 2.11. The first-order valence-corrected chi connectivity index (χ1v) is 5.28. The van der Waals surface area contributed by atoms with Crippen LogP contribution in [0.15, 0.2) is 18.2 Å². The van der Waals surface area contributed by atoms with Crippen LogP contribution in [-0.4, -0.2) is 8.42 Å². The van der Waals surface area contributed by atoms with Gasteiger partial charge in [0.25, 0.3) is 0 Å². The lowest BCUT2D eigenvalue weighted by molar-refractivity contribution is 0.308. The van der Waals surface area contributed by atoms with Crippen molar-refractivity contribution in [3.05, 3.63) is 35.1 Å². The Balaban J connectivity index is 2.78. The number of rotatable bonds is 3. The van der Waals surface area contributed by atoms with E-state index in [9.17, 15) is 12.8 Å². The molecule has 0 heterocycles. The van der Waals surface area contributed by atoms with E-state index in [1.807, 2.05) is 0 Å². The molecule has 78 valence electrons. The normalized spacial score (nSPS) is 11.6. The zero-order valence-corrected chi connectivity index (χ0v) is 8.34. The average molecular weight is 219 g/mol. The van der Waals surface area contributed by atoms with Crippen molar-refractivity contribution < 1.29 is 17.0 Å². The lowest BCUT2D eigenvalue weighted by atomic mass is 10.1. The summed E-state index contributed by atoms with van der Waals surface area (Å²) in [6, 6.07) is 3.98. The fourth-order valence-electron chi connectivity index (χ4n) is 0.967. The van der Waals surface area contributed by atoms with Crippen LogP contribution in [0, 0.1) is 12.7 Å². The number of hydrogen-bond donors (Lipinski definition) is 1. The van der Waals surface area contributed by atoms with Gasteiger partial charge in [0.1, 0.15) is 5.82 Å². The molecule has 1 rings (SSSR count). The van der Waals surface area contributed by atoms with E-state index in [0.717, 1.165) is 0 Å². The smallest absolute Gasteiger partial charge is 0.253 e. The molecule has 0 fully saturated rings. The minimum absolute atomic E-state index is 0.176. The minimum Gasteiger partial charge on any atom is -0.253 e. The second kappa shape index (κ2) is 4.04. The lowest BCUT2D eigenvalue weighted by Gasteiger charge is -2.04. The van der Waals surface area contributed by atoms with E-state index < -0.39 is 10.3 Å². The van der Waals surface area contributed by atoms with Gasteiger partial charge < -0.3 is 0 Å². The van der Waals surface area contributed by atoms with E-state index in [1.165, 1.54) is 18.2 Å². The Morgan fingerprint density at radius 2 is 2.14 bits per heavy atom. The molecule has 0 unspecified atom stereocenters. The van der Waals surface area contributed by atoms with Crippen LogP contribution in [0.1, 0.15) is 11.1 Å². The van der Waals surface area contributed by atoms with Crippen LogP contribution in [0.4, 0.5) is 4.39 Å². The van der Waals surface area contributed by atoms with Gasteiger partial charge in [0.2, 0.25) is 0 Å². The summed E-state index contributed by atoms with van der Waals surface area (Å²) < 4.78 is 37.9. The molecular weight excluding hydrogens is 209 g/mol. The molecule has 0 aliphatic carbocycles. The molecular formula is C8H10FNO3S. The van der Waals surface area contributed by atoms with Crippen molar-refractivity contribution in [2.75, 3.05) is 0 Å².